The van der Waals surface area contributed by atoms with Gasteiger partial charge in [0, 0.05) is 13.2 Å². The van der Waals surface area contributed by atoms with Crippen LogP contribution in [0.1, 0.15) is 0 Å². The molecule has 1 rings (SSSR count). The lowest BCUT2D eigenvalue weighted by atomic mass is 10.6. The third kappa shape index (κ3) is 1.94. The van der Waals surface area contributed by atoms with Gasteiger partial charge in [-0.1, -0.05) is 0 Å². The number of nitrogens with one attached hydrogen (secondary N) is 1. The molecule has 1 aromatic rings. The van der Waals surface area contributed by atoms with E-state index >= 15 is 0 Å². The van der Waals surface area contributed by atoms with Gasteiger partial charge in [-0.25, -0.2) is 0 Å². The van der Waals surface area contributed by atoms with E-state index in [1.54, 1.807) is 11.7 Å². The summed E-state index contributed by atoms with van der Waals surface area (Å²) < 4.78 is 2.59. The molecule has 0 radical (unpaired) electrons. The Hall–Kier alpha value is -0.550. The molecule has 62 valence electrons. The third-order valence-corrected chi connectivity index (χ3v) is 1.86. The van der Waals surface area contributed by atoms with E-state index in [1.165, 1.54) is 0 Å². The number of hydrogen-bond acceptors (Lipinski definition) is 3. The molecule has 0 aliphatic heterocycles. The number of rotatable bonds is 3. The Morgan fingerprint density at radius 3 is 3.00 bits per heavy atom. The SMILES string of the molecule is CNc1nn(CCO)cc1Br. The zero-order valence-corrected chi connectivity index (χ0v) is 7.80. The summed E-state index contributed by atoms with van der Waals surface area (Å²) in [6.45, 7) is 0.636. The van der Waals surface area contributed by atoms with Gasteiger partial charge in [0.1, 0.15) is 0 Å². The quantitative estimate of drug-likeness (QED) is 0.787. The first-order valence-electron chi connectivity index (χ1n) is 3.29. The van der Waals surface area contributed by atoms with Gasteiger partial charge in [-0.2, -0.15) is 5.10 Å². The summed E-state index contributed by atoms with van der Waals surface area (Å²) >= 11 is 3.32. The zero-order chi connectivity index (χ0) is 8.27. The summed E-state index contributed by atoms with van der Waals surface area (Å²) in [5.74, 6) is 0.790. The van der Waals surface area contributed by atoms with E-state index in [9.17, 15) is 0 Å². The van der Waals surface area contributed by atoms with Crippen LogP contribution >= 0.6 is 15.9 Å². The Balaban J connectivity index is 2.77. The lowest BCUT2D eigenvalue weighted by Crippen LogP contribution is -2.02. The minimum atomic E-state index is 0.108. The molecule has 0 aliphatic rings. The minimum Gasteiger partial charge on any atom is -0.394 e. The van der Waals surface area contributed by atoms with E-state index in [-0.39, 0.29) is 6.61 Å². The minimum absolute atomic E-state index is 0.108. The van der Waals surface area contributed by atoms with Crippen molar-refractivity contribution in [1.82, 2.24) is 9.78 Å². The number of hydrogen-bond donors (Lipinski definition) is 2. The average Bonchev–Trinajstić information content (AvgIpc) is 2.32. The first-order valence-corrected chi connectivity index (χ1v) is 4.08. The fourth-order valence-electron chi connectivity index (χ4n) is 0.783. The molecule has 0 amide bonds. The lowest BCUT2D eigenvalue weighted by Gasteiger charge is -1.94. The normalized spacial score (nSPS) is 10.1. The first kappa shape index (κ1) is 8.55. The van der Waals surface area contributed by atoms with E-state index in [4.69, 9.17) is 5.11 Å². The van der Waals surface area contributed by atoms with Crippen LogP contribution in [0, 0.1) is 0 Å². The molecule has 0 fully saturated rings. The fourth-order valence-corrected chi connectivity index (χ4v) is 1.30. The topological polar surface area (TPSA) is 50.1 Å². The molecular weight excluding hydrogens is 210 g/mol. The van der Waals surface area contributed by atoms with E-state index in [0.717, 1.165) is 10.3 Å². The molecular formula is C6H10BrN3O. The van der Waals surface area contributed by atoms with Crippen LogP contribution < -0.4 is 5.32 Å². The van der Waals surface area contributed by atoms with Gasteiger partial charge >= 0.3 is 0 Å². The molecule has 0 saturated carbocycles. The number of aliphatic hydroxyl groups is 1. The van der Waals surface area contributed by atoms with Crippen LogP contribution in [0.4, 0.5) is 5.82 Å². The smallest absolute Gasteiger partial charge is 0.162 e. The molecule has 11 heavy (non-hydrogen) atoms. The van der Waals surface area contributed by atoms with Gasteiger partial charge < -0.3 is 10.4 Å². The van der Waals surface area contributed by atoms with Crippen molar-refractivity contribution in [2.24, 2.45) is 0 Å². The van der Waals surface area contributed by atoms with Gasteiger partial charge in [0.15, 0.2) is 5.82 Å². The van der Waals surface area contributed by atoms with Gasteiger partial charge in [0.2, 0.25) is 0 Å². The summed E-state index contributed by atoms with van der Waals surface area (Å²) in [5.41, 5.74) is 0. The third-order valence-electron chi connectivity index (χ3n) is 1.28. The van der Waals surface area contributed by atoms with Crippen molar-refractivity contribution in [2.75, 3.05) is 19.0 Å². The van der Waals surface area contributed by atoms with Crippen LogP contribution in [-0.4, -0.2) is 28.5 Å². The molecule has 1 heterocycles. The summed E-state index contributed by atoms with van der Waals surface area (Å²) in [7, 11) is 1.80. The highest BCUT2D eigenvalue weighted by Gasteiger charge is 2.02. The van der Waals surface area contributed by atoms with Crippen LogP contribution in [0.5, 0.6) is 0 Å². The van der Waals surface area contributed by atoms with Crippen molar-refractivity contribution in [3.05, 3.63) is 10.7 Å². The van der Waals surface area contributed by atoms with Crippen molar-refractivity contribution in [3.63, 3.8) is 0 Å². The monoisotopic (exact) mass is 219 g/mol. The lowest BCUT2D eigenvalue weighted by molar-refractivity contribution is 0.269. The van der Waals surface area contributed by atoms with Gasteiger partial charge in [-0.3, -0.25) is 4.68 Å². The Labute approximate surface area is 73.3 Å². The van der Waals surface area contributed by atoms with Crippen LogP contribution in [-0.2, 0) is 6.54 Å². The molecule has 0 bridgehead atoms. The van der Waals surface area contributed by atoms with Crippen molar-refractivity contribution in [1.29, 1.82) is 0 Å². The molecule has 4 nitrogen and oxygen atoms in total. The van der Waals surface area contributed by atoms with Crippen molar-refractivity contribution in [2.45, 2.75) is 6.54 Å². The number of aliphatic hydroxyl groups excluding tert-OH is 1. The summed E-state index contributed by atoms with van der Waals surface area (Å²) in [6.07, 6.45) is 1.82. The zero-order valence-electron chi connectivity index (χ0n) is 6.21. The molecule has 0 aromatic carbocycles. The molecule has 0 saturated heterocycles. The molecule has 1 aromatic heterocycles. The second-order valence-electron chi connectivity index (χ2n) is 2.06. The number of halogens is 1. The van der Waals surface area contributed by atoms with Crippen LogP contribution in [0.15, 0.2) is 10.7 Å². The number of anilines is 1. The van der Waals surface area contributed by atoms with Gasteiger partial charge in [0.05, 0.1) is 17.6 Å². The highest BCUT2D eigenvalue weighted by Crippen LogP contribution is 2.18. The van der Waals surface area contributed by atoms with Crippen LogP contribution in [0.2, 0.25) is 0 Å². The highest BCUT2D eigenvalue weighted by molar-refractivity contribution is 9.10. The maximum absolute atomic E-state index is 8.60. The van der Waals surface area contributed by atoms with E-state index in [0.29, 0.717) is 6.54 Å². The van der Waals surface area contributed by atoms with Crippen LogP contribution in [0.25, 0.3) is 0 Å². The van der Waals surface area contributed by atoms with Crippen molar-refractivity contribution >= 4 is 21.7 Å². The Bertz CT molecular complexity index is 236. The largest absolute Gasteiger partial charge is 0.394 e. The van der Waals surface area contributed by atoms with Gasteiger partial charge in [-0.05, 0) is 15.9 Å². The summed E-state index contributed by atoms with van der Waals surface area (Å²) in [4.78, 5) is 0. The number of nitrogens with zero attached hydrogens (tertiary/aromatic N) is 2. The fraction of sp³-hybridized carbons (Fsp3) is 0.500. The summed E-state index contributed by atoms with van der Waals surface area (Å²) in [5, 5.41) is 15.6. The first-order chi connectivity index (χ1) is 5.27. The maximum atomic E-state index is 8.60. The Morgan fingerprint density at radius 2 is 2.55 bits per heavy atom. The van der Waals surface area contributed by atoms with Crippen molar-refractivity contribution in [3.8, 4) is 0 Å². The molecule has 0 spiro atoms. The van der Waals surface area contributed by atoms with Gasteiger partial charge in [-0.15, -0.1) is 0 Å². The maximum Gasteiger partial charge on any atom is 0.162 e. The standard InChI is InChI=1S/C6H10BrN3O/c1-8-6-5(7)4-10(9-6)2-3-11/h4,11H,2-3H2,1H3,(H,8,9). The molecule has 0 aliphatic carbocycles. The molecule has 0 unspecified atom stereocenters. The molecule has 0 atom stereocenters. The highest BCUT2D eigenvalue weighted by atomic mass is 79.9. The van der Waals surface area contributed by atoms with E-state index in [2.05, 4.69) is 26.3 Å². The predicted octanol–water partition coefficient (Wildman–Crippen LogP) is 0.680. The Morgan fingerprint density at radius 1 is 1.82 bits per heavy atom. The van der Waals surface area contributed by atoms with Crippen LogP contribution in [0.3, 0.4) is 0 Å². The molecule has 2 N–H and O–H groups in total. The second-order valence-corrected chi connectivity index (χ2v) is 2.92. The predicted molar refractivity (Wildman–Crippen MR) is 46.6 cm³/mol. The average molecular weight is 220 g/mol. The molecule has 5 heteroatoms. The summed E-state index contributed by atoms with van der Waals surface area (Å²) in [6, 6.07) is 0. The van der Waals surface area contributed by atoms with E-state index in [1.807, 2.05) is 6.20 Å². The van der Waals surface area contributed by atoms with Crippen molar-refractivity contribution < 1.29 is 5.11 Å². The number of aromatic nitrogens is 2. The van der Waals surface area contributed by atoms with E-state index < -0.39 is 0 Å². The second kappa shape index (κ2) is 3.73. The van der Waals surface area contributed by atoms with Gasteiger partial charge in [0.25, 0.3) is 0 Å². The Kier molecular flexibility index (Phi) is 2.90.